The Bertz CT molecular complexity index is 949. The van der Waals surface area contributed by atoms with E-state index >= 15 is 0 Å². The molecule has 3 aromatic rings. The Balaban J connectivity index is 1.81. The molecule has 2 aromatic carbocycles. The second-order valence-electron chi connectivity index (χ2n) is 6.69. The van der Waals surface area contributed by atoms with Gasteiger partial charge < -0.3 is 9.42 Å². The lowest BCUT2D eigenvalue weighted by atomic mass is 10.0. The third-order valence-corrected chi connectivity index (χ3v) is 4.92. The summed E-state index contributed by atoms with van der Waals surface area (Å²) in [7, 11) is 0. The molecule has 0 aliphatic rings. The number of halogens is 1. The number of carbonyl (C=O) groups is 1. The summed E-state index contributed by atoms with van der Waals surface area (Å²) >= 11 is 6.20. The largest absolute Gasteiger partial charge is 0.356 e. The van der Waals surface area contributed by atoms with Gasteiger partial charge in [-0.15, -0.1) is 0 Å². The minimum absolute atomic E-state index is 0.0989. The first kappa shape index (κ1) is 19.2. The topological polar surface area (TPSA) is 46.3 Å². The summed E-state index contributed by atoms with van der Waals surface area (Å²) < 4.78 is 5.52. The molecule has 0 unspecified atom stereocenters. The molecule has 0 fully saturated rings. The second kappa shape index (κ2) is 8.40. The van der Waals surface area contributed by atoms with E-state index < -0.39 is 0 Å². The molecule has 0 radical (unpaired) electrons. The van der Waals surface area contributed by atoms with Crippen molar-refractivity contribution in [3.8, 4) is 11.3 Å². The normalized spacial score (nSPS) is 10.8. The molecule has 1 amide bonds. The number of hydrogen-bond acceptors (Lipinski definition) is 3. The van der Waals surface area contributed by atoms with Gasteiger partial charge in [-0.3, -0.25) is 4.79 Å². The average molecular weight is 383 g/mol. The van der Waals surface area contributed by atoms with Gasteiger partial charge in [0.25, 0.3) is 5.91 Å². The van der Waals surface area contributed by atoms with Crippen molar-refractivity contribution in [3.63, 3.8) is 0 Å². The lowest BCUT2D eigenvalue weighted by molar-refractivity contribution is 0.0740. The quantitative estimate of drug-likeness (QED) is 0.552. The first-order valence-corrected chi connectivity index (χ1v) is 9.44. The zero-order valence-corrected chi connectivity index (χ0v) is 16.6. The summed E-state index contributed by atoms with van der Waals surface area (Å²) in [6, 6.07) is 15.2. The van der Waals surface area contributed by atoms with Crippen molar-refractivity contribution in [2.24, 2.45) is 0 Å². The maximum absolute atomic E-state index is 12.9. The van der Waals surface area contributed by atoms with E-state index in [2.05, 4.69) is 31.1 Å². The van der Waals surface area contributed by atoms with E-state index in [1.165, 1.54) is 11.1 Å². The maximum atomic E-state index is 12.9. The molecule has 27 heavy (non-hydrogen) atoms. The predicted molar refractivity (Wildman–Crippen MR) is 108 cm³/mol. The first-order valence-electron chi connectivity index (χ1n) is 9.06. The van der Waals surface area contributed by atoms with E-state index in [9.17, 15) is 4.79 Å². The lowest BCUT2D eigenvalue weighted by Gasteiger charge is -2.21. The Morgan fingerprint density at radius 2 is 1.89 bits per heavy atom. The van der Waals surface area contributed by atoms with Gasteiger partial charge in [0.15, 0.2) is 5.76 Å². The fraction of sp³-hybridized carbons (Fsp3) is 0.273. The van der Waals surface area contributed by atoms with Crippen LogP contribution < -0.4 is 0 Å². The Kier molecular flexibility index (Phi) is 5.97. The second-order valence-corrected chi connectivity index (χ2v) is 7.10. The Morgan fingerprint density at radius 1 is 1.11 bits per heavy atom. The van der Waals surface area contributed by atoms with Crippen LogP contribution >= 0.6 is 11.6 Å². The van der Waals surface area contributed by atoms with Gasteiger partial charge in [0, 0.05) is 18.2 Å². The van der Waals surface area contributed by atoms with Crippen LogP contribution in [0.25, 0.3) is 11.3 Å². The summed E-state index contributed by atoms with van der Waals surface area (Å²) in [5.74, 6) is 0.605. The number of hydrogen-bond donors (Lipinski definition) is 0. The molecule has 0 aliphatic carbocycles. The van der Waals surface area contributed by atoms with Gasteiger partial charge >= 0.3 is 0 Å². The van der Waals surface area contributed by atoms with E-state index in [0.717, 1.165) is 17.7 Å². The lowest BCUT2D eigenvalue weighted by Crippen LogP contribution is -2.31. The van der Waals surface area contributed by atoms with Crippen LogP contribution in [0.5, 0.6) is 0 Å². The molecule has 140 valence electrons. The van der Waals surface area contributed by atoms with Crippen LogP contribution in [0.15, 0.2) is 53.1 Å². The van der Waals surface area contributed by atoms with Gasteiger partial charge in [-0.05, 0) is 49.6 Å². The third kappa shape index (κ3) is 4.40. The molecule has 0 atom stereocenters. The monoisotopic (exact) mass is 382 g/mol. The van der Waals surface area contributed by atoms with Crippen molar-refractivity contribution in [3.05, 3.63) is 75.9 Å². The number of carbonyl (C=O) groups excluding carboxylic acids is 1. The van der Waals surface area contributed by atoms with Crippen LogP contribution in [0, 0.1) is 13.8 Å². The number of rotatable bonds is 6. The summed E-state index contributed by atoms with van der Waals surface area (Å²) in [5, 5.41) is 4.62. The van der Waals surface area contributed by atoms with Crippen molar-refractivity contribution >= 4 is 17.5 Å². The maximum Gasteiger partial charge on any atom is 0.255 e. The number of benzene rings is 2. The number of aromatic nitrogens is 1. The summed E-state index contributed by atoms with van der Waals surface area (Å²) in [5.41, 5.74) is 4.64. The minimum atomic E-state index is -0.0989. The fourth-order valence-electron chi connectivity index (χ4n) is 2.94. The van der Waals surface area contributed by atoms with Crippen LogP contribution in [0.4, 0.5) is 0 Å². The number of amides is 1. The van der Waals surface area contributed by atoms with E-state index in [1.54, 1.807) is 17.0 Å². The van der Waals surface area contributed by atoms with Crippen LogP contribution in [-0.2, 0) is 6.54 Å². The van der Waals surface area contributed by atoms with Gasteiger partial charge in [-0.2, -0.15) is 0 Å². The van der Waals surface area contributed by atoms with Gasteiger partial charge in [0.2, 0.25) is 0 Å². The SMILES string of the molecule is CCCN(Cc1cc(-c2ccc(C)c(C)c2)on1)C(=O)c1ccccc1Cl. The standard InChI is InChI=1S/C22H23ClN2O2/c1-4-11-25(22(26)19-7-5-6-8-20(19)23)14-18-13-21(27-24-18)17-10-9-15(2)16(3)12-17/h5-10,12-13H,4,11,14H2,1-3H3. The Labute approximate surface area is 164 Å². The molecule has 1 heterocycles. The molecule has 5 heteroatoms. The molecule has 3 rings (SSSR count). The zero-order chi connectivity index (χ0) is 19.4. The van der Waals surface area contributed by atoms with E-state index in [4.69, 9.17) is 16.1 Å². The summed E-state index contributed by atoms with van der Waals surface area (Å²) in [6.07, 6.45) is 0.845. The number of aryl methyl sites for hydroxylation is 2. The Hall–Kier alpha value is -2.59. The highest BCUT2D eigenvalue weighted by Gasteiger charge is 2.19. The predicted octanol–water partition coefficient (Wildman–Crippen LogP) is 5.66. The average Bonchev–Trinajstić information content (AvgIpc) is 3.12. The minimum Gasteiger partial charge on any atom is -0.356 e. The van der Waals surface area contributed by atoms with E-state index in [-0.39, 0.29) is 5.91 Å². The molecule has 0 aliphatic heterocycles. The molecule has 0 N–H and O–H groups in total. The molecular weight excluding hydrogens is 360 g/mol. The van der Waals surface area contributed by atoms with Crippen LogP contribution in [0.1, 0.15) is 40.5 Å². The Morgan fingerprint density at radius 3 is 2.59 bits per heavy atom. The van der Waals surface area contributed by atoms with Gasteiger partial charge in [-0.25, -0.2) is 0 Å². The number of nitrogens with zero attached hydrogens (tertiary/aromatic N) is 2. The van der Waals surface area contributed by atoms with Gasteiger partial charge in [0.1, 0.15) is 5.69 Å². The van der Waals surface area contributed by atoms with Gasteiger partial charge in [0.05, 0.1) is 17.1 Å². The molecular formula is C22H23ClN2O2. The zero-order valence-electron chi connectivity index (χ0n) is 15.8. The highest BCUT2D eigenvalue weighted by molar-refractivity contribution is 6.33. The summed E-state index contributed by atoms with van der Waals surface area (Å²) in [4.78, 5) is 14.7. The molecule has 0 bridgehead atoms. The van der Waals surface area contributed by atoms with Crippen molar-refractivity contribution in [1.82, 2.24) is 10.1 Å². The van der Waals surface area contributed by atoms with Gasteiger partial charge in [-0.1, -0.05) is 47.9 Å². The smallest absolute Gasteiger partial charge is 0.255 e. The van der Waals surface area contributed by atoms with Crippen molar-refractivity contribution in [2.75, 3.05) is 6.54 Å². The highest BCUT2D eigenvalue weighted by atomic mass is 35.5. The highest BCUT2D eigenvalue weighted by Crippen LogP contribution is 2.24. The fourth-order valence-corrected chi connectivity index (χ4v) is 3.16. The molecule has 0 spiro atoms. The van der Waals surface area contributed by atoms with Crippen molar-refractivity contribution < 1.29 is 9.32 Å². The van der Waals surface area contributed by atoms with Crippen LogP contribution in [0.3, 0.4) is 0 Å². The molecule has 0 saturated carbocycles. The van der Waals surface area contributed by atoms with Crippen molar-refractivity contribution in [2.45, 2.75) is 33.7 Å². The molecule has 4 nitrogen and oxygen atoms in total. The molecule has 1 aromatic heterocycles. The first-order chi connectivity index (χ1) is 13.0. The summed E-state index contributed by atoms with van der Waals surface area (Å²) in [6.45, 7) is 7.19. The van der Waals surface area contributed by atoms with E-state index in [0.29, 0.717) is 29.4 Å². The third-order valence-electron chi connectivity index (χ3n) is 4.59. The van der Waals surface area contributed by atoms with Crippen molar-refractivity contribution in [1.29, 1.82) is 0 Å². The van der Waals surface area contributed by atoms with Crippen LogP contribution in [0.2, 0.25) is 5.02 Å². The molecule has 0 saturated heterocycles. The van der Waals surface area contributed by atoms with Crippen LogP contribution in [-0.4, -0.2) is 22.5 Å². The van der Waals surface area contributed by atoms with E-state index in [1.807, 2.05) is 31.2 Å².